The summed E-state index contributed by atoms with van der Waals surface area (Å²) in [5.74, 6) is -0.685. The Balaban J connectivity index is 1.53. The smallest absolute Gasteiger partial charge is 0.316 e. The first-order valence-corrected chi connectivity index (χ1v) is 10.2. The number of hydrogen-bond acceptors (Lipinski definition) is 5. The molecule has 0 N–H and O–H groups in total. The molecule has 3 aromatic carbocycles. The predicted octanol–water partition coefficient (Wildman–Crippen LogP) is 4.42. The second-order valence-electron chi connectivity index (χ2n) is 6.25. The van der Waals surface area contributed by atoms with Crippen molar-refractivity contribution in [1.29, 1.82) is 5.26 Å². The largest absolute Gasteiger partial charge is 0.455 e. The number of hydrogen-bond donors (Lipinski definition) is 0. The molecule has 0 radical (unpaired) electrons. The van der Waals surface area contributed by atoms with Crippen molar-refractivity contribution in [2.24, 2.45) is 0 Å². The zero-order valence-electron chi connectivity index (χ0n) is 15.8. The Bertz CT molecular complexity index is 1030. The van der Waals surface area contributed by atoms with Crippen LogP contribution in [0.4, 0.5) is 5.69 Å². The predicted molar refractivity (Wildman–Crippen MR) is 115 cm³/mol. The Hall–Kier alpha value is -3.30. The first kappa shape index (κ1) is 20.4. The first-order chi connectivity index (χ1) is 14.2. The molecule has 29 heavy (non-hydrogen) atoms. The number of para-hydroxylation sites is 1. The van der Waals surface area contributed by atoms with Crippen LogP contribution in [0.3, 0.4) is 0 Å². The quantitative estimate of drug-likeness (QED) is 0.410. The third-order valence-electron chi connectivity index (χ3n) is 4.25. The van der Waals surface area contributed by atoms with Gasteiger partial charge in [0.2, 0.25) is 0 Å². The van der Waals surface area contributed by atoms with Crippen LogP contribution in [0.25, 0.3) is 10.8 Å². The molecule has 3 aromatic rings. The summed E-state index contributed by atoms with van der Waals surface area (Å²) in [4.78, 5) is 27.0. The minimum atomic E-state index is -0.454. The molecule has 0 bridgehead atoms. The SMILES string of the molecule is N#CCCN(C(=O)COC(=O)CSc1ccc2ccccc2c1)c1ccccc1. The van der Waals surface area contributed by atoms with Crippen LogP contribution >= 0.6 is 11.8 Å². The minimum Gasteiger partial charge on any atom is -0.455 e. The van der Waals surface area contributed by atoms with Gasteiger partial charge in [0, 0.05) is 17.1 Å². The number of rotatable bonds is 8. The standard InChI is InChI=1S/C23H20N2O3S/c24-13-6-14-25(20-9-2-1-3-10-20)22(26)16-28-23(27)17-29-21-12-11-18-7-4-5-8-19(18)15-21/h1-5,7-12,15H,6,14,16-17H2. The molecule has 3 rings (SSSR count). The third kappa shape index (κ3) is 5.84. The fourth-order valence-corrected chi connectivity index (χ4v) is 3.57. The number of thioether (sulfide) groups is 1. The molecule has 0 aliphatic rings. The monoisotopic (exact) mass is 404 g/mol. The van der Waals surface area contributed by atoms with E-state index in [2.05, 4.69) is 0 Å². The first-order valence-electron chi connectivity index (χ1n) is 9.17. The van der Waals surface area contributed by atoms with Crippen molar-refractivity contribution in [3.63, 3.8) is 0 Å². The molecule has 6 heteroatoms. The van der Waals surface area contributed by atoms with Crippen molar-refractivity contribution in [2.45, 2.75) is 11.3 Å². The van der Waals surface area contributed by atoms with Crippen molar-refractivity contribution >= 4 is 40.1 Å². The number of anilines is 1. The average Bonchev–Trinajstić information content (AvgIpc) is 2.77. The Morgan fingerprint density at radius 1 is 0.966 bits per heavy atom. The number of nitriles is 1. The van der Waals surface area contributed by atoms with E-state index < -0.39 is 5.97 Å². The van der Waals surface area contributed by atoms with Gasteiger partial charge in [-0.15, -0.1) is 11.8 Å². The van der Waals surface area contributed by atoms with E-state index in [-0.39, 0.29) is 31.2 Å². The van der Waals surface area contributed by atoms with Crippen LogP contribution in [-0.4, -0.2) is 30.8 Å². The molecule has 0 fully saturated rings. The lowest BCUT2D eigenvalue weighted by Crippen LogP contribution is -2.35. The van der Waals surface area contributed by atoms with Gasteiger partial charge in [0.25, 0.3) is 5.91 Å². The number of nitrogens with zero attached hydrogens (tertiary/aromatic N) is 2. The minimum absolute atomic E-state index is 0.120. The molecule has 0 saturated heterocycles. The molecular weight excluding hydrogens is 384 g/mol. The van der Waals surface area contributed by atoms with Crippen LogP contribution in [0.15, 0.2) is 77.7 Å². The van der Waals surface area contributed by atoms with Gasteiger partial charge in [0.1, 0.15) is 0 Å². The van der Waals surface area contributed by atoms with Crippen molar-refractivity contribution in [3.8, 4) is 6.07 Å². The number of carbonyl (C=O) groups is 2. The number of benzene rings is 3. The molecule has 0 aliphatic heterocycles. The number of esters is 1. The molecule has 0 saturated carbocycles. The summed E-state index contributed by atoms with van der Waals surface area (Å²) >= 11 is 1.37. The highest BCUT2D eigenvalue weighted by atomic mass is 32.2. The molecular formula is C23H20N2O3S. The van der Waals surface area contributed by atoms with Gasteiger partial charge in [-0.05, 0) is 35.0 Å². The fourth-order valence-electron chi connectivity index (χ4n) is 2.83. The van der Waals surface area contributed by atoms with Crippen molar-refractivity contribution in [3.05, 3.63) is 72.8 Å². The molecule has 0 aromatic heterocycles. The second-order valence-corrected chi connectivity index (χ2v) is 7.30. The highest BCUT2D eigenvalue weighted by molar-refractivity contribution is 8.00. The van der Waals surface area contributed by atoms with Gasteiger partial charge in [0.05, 0.1) is 18.2 Å². The maximum absolute atomic E-state index is 12.5. The van der Waals surface area contributed by atoms with E-state index in [0.29, 0.717) is 5.69 Å². The summed E-state index contributed by atoms with van der Waals surface area (Å²) in [6.07, 6.45) is 0.201. The maximum atomic E-state index is 12.5. The molecule has 1 amide bonds. The molecule has 0 heterocycles. The zero-order valence-corrected chi connectivity index (χ0v) is 16.6. The van der Waals surface area contributed by atoms with Crippen molar-refractivity contribution in [1.82, 2.24) is 0 Å². The van der Waals surface area contributed by atoms with Gasteiger partial charge >= 0.3 is 5.97 Å². The van der Waals surface area contributed by atoms with Gasteiger partial charge < -0.3 is 9.64 Å². The average molecular weight is 404 g/mol. The van der Waals surface area contributed by atoms with Gasteiger partial charge in [-0.1, -0.05) is 48.5 Å². The van der Waals surface area contributed by atoms with Gasteiger partial charge in [-0.2, -0.15) is 5.26 Å². The van der Waals surface area contributed by atoms with Crippen molar-refractivity contribution < 1.29 is 14.3 Å². The summed E-state index contributed by atoms with van der Waals surface area (Å²) in [5.41, 5.74) is 0.675. The van der Waals surface area contributed by atoms with Gasteiger partial charge in [-0.3, -0.25) is 9.59 Å². The lowest BCUT2D eigenvalue weighted by molar-refractivity contribution is -0.145. The molecule has 0 atom stereocenters. The number of carbonyl (C=O) groups excluding carboxylic acids is 2. The van der Waals surface area contributed by atoms with E-state index >= 15 is 0 Å². The summed E-state index contributed by atoms with van der Waals surface area (Å²) in [7, 11) is 0. The number of fused-ring (bicyclic) bond motifs is 1. The van der Waals surface area contributed by atoms with E-state index in [1.165, 1.54) is 16.7 Å². The Morgan fingerprint density at radius 3 is 2.45 bits per heavy atom. The lowest BCUT2D eigenvalue weighted by Gasteiger charge is -2.21. The fraction of sp³-hybridized carbons (Fsp3) is 0.174. The van der Waals surface area contributed by atoms with Crippen LogP contribution in [0, 0.1) is 11.3 Å². The van der Waals surface area contributed by atoms with Gasteiger partial charge in [-0.25, -0.2) is 0 Å². The highest BCUT2D eigenvalue weighted by Gasteiger charge is 2.17. The summed E-state index contributed by atoms with van der Waals surface area (Å²) < 4.78 is 5.16. The third-order valence-corrected chi connectivity index (χ3v) is 5.22. The zero-order chi connectivity index (χ0) is 20.5. The van der Waals surface area contributed by atoms with E-state index in [1.807, 2.05) is 66.7 Å². The Kier molecular flexibility index (Phi) is 7.26. The van der Waals surface area contributed by atoms with Crippen LogP contribution in [0.1, 0.15) is 6.42 Å². The van der Waals surface area contributed by atoms with Gasteiger partial charge in [0.15, 0.2) is 6.61 Å². The van der Waals surface area contributed by atoms with E-state index in [4.69, 9.17) is 10.00 Å². The molecule has 0 spiro atoms. The van der Waals surface area contributed by atoms with E-state index in [9.17, 15) is 9.59 Å². The summed E-state index contributed by atoms with van der Waals surface area (Å²) in [6.45, 7) is -0.0971. The van der Waals surface area contributed by atoms with E-state index in [0.717, 1.165) is 15.7 Å². The molecule has 5 nitrogen and oxygen atoms in total. The maximum Gasteiger partial charge on any atom is 0.316 e. The molecule has 0 unspecified atom stereocenters. The van der Waals surface area contributed by atoms with Crippen LogP contribution < -0.4 is 4.90 Å². The number of ether oxygens (including phenoxy) is 1. The van der Waals surface area contributed by atoms with Crippen LogP contribution in [-0.2, 0) is 14.3 Å². The molecule has 146 valence electrons. The molecule has 0 aliphatic carbocycles. The number of amides is 1. The van der Waals surface area contributed by atoms with Crippen LogP contribution in [0.2, 0.25) is 0 Å². The normalized spacial score (nSPS) is 10.3. The topological polar surface area (TPSA) is 70.4 Å². The summed E-state index contributed by atoms with van der Waals surface area (Å²) in [5, 5.41) is 11.1. The lowest BCUT2D eigenvalue weighted by atomic mass is 10.1. The van der Waals surface area contributed by atoms with E-state index in [1.54, 1.807) is 12.1 Å². The highest BCUT2D eigenvalue weighted by Crippen LogP contribution is 2.23. The Morgan fingerprint density at radius 2 is 1.69 bits per heavy atom. The second kappa shape index (κ2) is 10.3. The van der Waals surface area contributed by atoms with Crippen molar-refractivity contribution in [2.75, 3.05) is 23.8 Å². The Labute approximate surface area is 173 Å². The van der Waals surface area contributed by atoms with Crippen LogP contribution in [0.5, 0.6) is 0 Å². The summed E-state index contributed by atoms with van der Waals surface area (Å²) in [6, 6.07) is 25.1.